The molecule has 0 unspecified atom stereocenters. The fourth-order valence-corrected chi connectivity index (χ4v) is 4.93. The van der Waals surface area contributed by atoms with Crippen molar-refractivity contribution in [1.82, 2.24) is 24.8 Å². The van der Waals surface area contributed by atoms with Crippen LogP contribution >= 0.6 is 0 Å². The molecule has 2 aromatic rings. The number of amides is 2. The second-order valence-corrected chi connectivity index (χ2v) is 8.90. The number of aromatic amines is 1. The predicted octanol–water partition coefficient (Wildman–Crippen LogP) is 1.65. The molecular weight excluding hydrogens is 368 g/mol. The van der Waals surface area contributed by atoms with E-state index in [1.165, 1.54) is 0 Å². The molecule has 0 bridgehead atoms. The maximum atomic E-state index is 13.3. The Morgan fingerprint density at radius 3 is 2.59 bits per heavy atom. The van der Waals surface area contributed by atoms with Crippen LogP contribution in [0, 0.1) is 11.3 Å². The van der Waals surface area contributed by atoms with E-state index in [1.807, 2.05) is 17.2 Å². The number of fused-ring (bicyclic) bond motifs is 1. The van der Waals surface area contributed by atoms with Gasteiger partial charge in [0.05, 0.1) is 5.39 Å². The van der Waals surface area contributed by atoms with Crippen molar-refractivity contribution in [1.29, 1.82) is 0 Å². The Morgan fingerprint density at radius 2 is 1.86 bits per heavy atom. The predicted molar refractivity (Wildman–Crippen MR) is 109 cm³/mol. The molecule has 2 aliphatic heterocycles. The molecule has 1 N–H and O–H groups in total. The summed E-state index contributed by atoms with van der Waals surface area (Å²) in [6, 6.07) is 2.03. The van der Waals surface area contributed by atoms with Crippen LogP contribution in [-0.2, 0) is 9.59 Å². The molecule has 4 heterocycles. The van der Waals surface area contributed by atoms with Gasteiger partial charge >= 0.3 is 0 Å². The first-order valence-electron chi connectivity index (χ1n) is 10.6. The summed E-state index contributed by atoms with van der Waals surface area (Å²) in [6.07, 6.45) is 7.40. The van der Waals surface area contributed by atoms with Crippen LogP contribution in [0.1, 0.15) is 32.6 Å². The zero-order valence-corrected chi connectivity index (χ0v) is 16.9. The number of rotatable bonds is 2. The van der Waals surface area contributed by atoms with Gasteiger partial charge in [0, 0.05) is 63.7 Å². The summed E-state index contributed by atoms with van der Waals surface area (Å²) in [5, 5.41) is 1.04. The van der Waals surface area contributed by atoms with Crippen molar-refractivity contribution in [3.05, 3.63) is 18.6 Å². The average molecular weight is 396 g/mol. The van der Waals surface area contributed by atoms with Gasteiger partial charge < -0.3 is 19.7 Å². The number of carbonyl (C=O) groups excluding carboxylic acids is 2. The lowest BCUT2D eigenvalue weighted by atomic mass is 9.94. The molecule has 8 nitrogen and oxygen atoms in total. The summed E-state index contributed by atoms with van der Waals surface area (Å²) < 4.78 is 0. The summed E-state index contributed by atoms with van der Waals surface area (Å²) in [7, 11) is 0. The monoisotopic (exact) mass is 396 g/mol. The molecule has 0 aromatic carbocycles. The lowest BCUT2D eigenvalue weighted by Gasteiger charge is -2.34. The normalized spacial score (nSPS) is 22.2. The van der Waals surface area contributed by atoms with Crippen LogP contribution in [0.4, 0.5) is 5.82 Å². The van der Waals surface area contributed by atoms with Crippen LogP contribution < -0.4 is 4.90 Å². The number of nitrogens with zero attached hydrogens (tertiary/aromatic N) is 5. The van der Waals surface area contributed by atoms with Crippen molar-refractivity contribution in [2.45, 2.75) is 32.6 Å². The van der Waals surface area contributed by atoms with E-state index in [0.717, 1.165) is 68.7 Å². The van der Waals surface area contributed by atoms with Crippen LogP contribution in [-0.4, -0.2) is 75.8 Å². The van der Waals surface area contributed by atoms with E-state index in [4.69, 9.17) is 0 Å². The van der Waals surface area contributed by atoms with Crippen LogP contribution in [0.5, 0.6) is 0 Å². The number of carbonyl (C=O) groups is 2. The van der Waals surface area contributed by atoms with E-state index in [-0.39, 0.29) is 23.1 Å². The van der Waals surface area contributed by atoms with Crippen LogP contribution in [0.3, 0.4) is 0 Å². The molecule has 0 radical (unpaired) electrons. The van der Waals surface area contributed by atoms with E-state index < -0.39 is 0 Å². The van der Waals surface area contributed by atoms with Gasteiger partial charge in [0.15, 0.2) is 0 Å². The molecule has 8 heteroatoms. The van der Waals surface area contributed by atoms with Gasteiger partial charge in [0.25, 0.3) is 0 Å². The number of aromatic nitrogens is 3. The highest BCUT2D eigenvalue weighted by Gasteiger charge is 2.48. The fraction of sp³-hybridized carbons (Fsp3) is 0.619. The highest BCUT2D eigenvalue weighted by atomic mass is 16.2. The van der Waals surface area contributed by atoms with Gasteiger partial charge in [0.1, 0.15) is 17.8 Å². The SMILES string of the molecule is CC(=O)N1CCC(C(=O)N2CCN(c3ncnc4[nH]ccc34)CC3(CC3)C2)CC1. The zero-order valence-electron chi connectivity index (χ0n) is 16.9. The molecule has 5 rings (SSSR count). The quantitative estimate of drug-likeness (QED) is 0.834. The number of likely N-dealkylation sites (tertiary alicyclic amines) is 1. The van der Waals surface area contributed by atoms with Gasteiger partial charge in [-0.15, -0.1) is 0 Å². The molecule has 1 saturated carbocycles. The van der Waals surface area contributed by atoms with E-state index in [0.29, 0.717) is 13.1 Å². The number of hydrogen-bond acceptors (Lipinski definition) is 5. The number of anilines is 1. The first-order chi connectivity index (χ1) is 14.0. The topological polar surface area (TPSA) is 85.4 Å². The van der Waals surface area contributed by atoms with Crippen LogP contribution in [0.15, 0.2) is 18.6 Å². The lowest BCUT2D eigenvalue weighted by molar-refractivity contribution is -0.140. The third-order valence-electron chi connectivity index (χ3n) is 6.88. The highest BCUT2D eigenvalue weighted by molar-refractivity contribution is 5.87. The second kappa shape index (κ2) is 7.00. The third-order valence-corrected chi connectivity index (χ3v) is 6.88. The van der Waals surface area contributed by atoms with Gasteiger partial charge in [-0.1, -0.05) is 0 Å². The summed E-state index contributed by atoms with van der Waals surface area (Å²) >= 11 is 0. The standard InChI is InChI=1S/C21H28N6O2/c1-15(28)25-8-3-16(4-9-25)20(29)27-11-10-26(12-21(13-27)5-6-21)19-17-2-7-22-18(17)23-14-24-19/h2,7,14,16H,3-6,8-13H2,1H3,(H,22,23,24). The highest BCUT2D eigenvalue weighted by Crippen LogP contribution is 2.48. The van der Waals surface area contributed by atoms with Gasteiger partial charge in [-0.05, 0) is 31.7 Å². The minimum Gasteiger partial charge on any atom is -0.354 e. The Hall–Kier alpha value is -2.64. The molecule has 154 valence electrons. The number of hydrogen-bond donors (Lipinski definition) is 1. The third kappa shape index (κ3) is 3.45. The van der Waals surface area contributed by atoms with Crippen molar-refractivity contribution in [3.8, 4) is 0 Å². The molecular formula is C21H28N6O2. The van der Waals surface area contributed by atoms with E-state index in [2.05, 4.69) is 24.8 Å². The maximum absolute atomic E-state index is 13.3. The first-order valence-corrected chi connectivity index (χ1v) is 10.6. The molecule has 3 aliphatic rings. The maximum Gasteiger partial charge on any atom is 0.225 e. The average Bonchev–Trinajstić information content (AvgIpc) is 3.37. The molecule has 3 fully saturated rings. The molecule has 0 atom stereocenters. The van der Waals surface area contributed by atoms with Crippen molar-refractivity contribution in [2.75, 3.05) is 44.2 Å². The molecule has 2 amide bonds. The van der Waals surface area contributed by atoms with Gasteiger partial charge in [-0.25, -0.2) is 9.97 Å². The summed E-state index contributed by atoms with van der Waals surface area (Å²) in [6.45, 7) is 6.30. The Bertz CT molecular complexity index is 928. The van der Waals surface area contributed by atoms with Crippen molar-refractivity contribution >= 4 is 28.7 Å². The fourth-order valence-electron chi connectivity index (χ4n) is 4.93. The van der Waals surface area contributed by atoms with Gasteiger partial charge in [-0.2, -0.15) is 0 Å². The number of piperidine rings is 1. The largest absolute Gasteiger partial charge is 0.354 e. The minimum atomic E-state index is 0.0448. The summed E-state index contributed by atoms with van der Waals surface area (Å²) in [4.78, 5) is 43.2. The second-order valence-electron chi connectivity index (χ2n) is 8.90. The van der Waals surface area contributed by atoms with E-state index in [9.17, 15) is 9.59 Å². The minimum absolute atomic E-state index is 0.0448. The van der Waals surface area contributed by atoms with Gasteiger partial charge in [-0.3, -0.25) is 9.59 Å². The number of nitrogens with one attached hydrogen (secondary N) is 1. The van der Waals surface area contributed by atoms with Crippen LogP contribution in [0.25, 0.3) is 11.0 Å². The molecule has 1 aliphatic carbocycles. The summed E-state index contributed by atoms with van der Waals surface area (Å²) in [5.41, 5.74) is 1.05. The van der Waals surface area contributed by atoms with E-state index in [1.54, 1.807) is 13.3 Å². The van der Waals surface area contributed by atoms with Crippen molar-refractivity contribution in [2.24, 2.45) is 11.3 Å². The Balaban J connectivity index is 1.31. The van der Waals surface area contributed by atoms with Crippen LogP contribution in [0.2, 0.25) is 0 Å². The number of H-pyrrole nitrogens is 1. The first kappa shape index (κ1) is 18.4. The lowest BCUT2D eigenvalue weighted by Crippen LogP contribution is -2.45. The molecule has 2 saturated heterocycles. The molecule has 29 heavy (non-hydrogen) atoms. The smallest absolute Gasteiger partial charge is 0.225 e. The molecule has 1 spiro atoms. The van der Waals surface area contributed by atoms with E-state index >= 15 is 0 Å². The summed E-state index contributed by atoms with van der Waals surface area (Å²) in [5.74, 6) is 1.39. The van der Waals surface area contributed by atoms with Crippen molar-refractivity contribution in [3.63, 3.8) is 0 Å². The molecule has 2 aromatic heterocycles. The Morgan fingerprint density at radius 1 is 1.07 bits per heavy atom. The van der Waals surface area contributed by atoms with Gasteiger partial charge in [0.2, 0.25) is 11.8 Å². The Labute approximate surface area is 170 Å². The Kier molecular flexibility index (Phi) is 4.44. The zero-order chi connectivity index (χ0) is 20.0. The van der Waals surface area contributed by atoms with Crippen molar-refractivity contribution < 1.29 is 9.59 Å².